The highest BCUT2D eigenvalue weighted by molar-refractivity contribution is 5.00. The number of rotatable bonds is 3. The van der Waals surface area contributed by atoms with Crippen molar-refractivity contribution in [1.82, 2.24) is 15.2 Å². The first-order valence-electron chi connectivity index (χ1n) is 6.33. The zero-order chi connectivity index (χ0) is 10.1. The molecule has 15 heavy (non-hydrogen) atoms. The average Bonchev–Trinajstić information content (AvgIpc) is 2.96. The first-order valence-corrected chi connectivity index (χ1v) is 6.33. The highest BCUT2D eigenvalue weighted by atomic mass is 15.2. The van der Waals surface area contributed by atoms with Gasteiger partial charge in [-0.3, -0.25) is 5.10 Å². The average molecular weight is 205 g/mol. The molecule has 1 aromatic heterocycles. The molecule has 3 rings (SSSR count). The Balaban J connectivity index is 1.65. The van der Waals surface area contributed by atoms with Crippen LogP contribution < -0.4 is 0 Å². The molecular weight excluding hydrogens is 186 g/mol. The Hall–Kier alpha value is -0.860. The van der Waals surface area contributed by atoms with E-state index in [-0.39, 0.29) is 0 Å². The van der Waals surface area contributed by atoms with Crippen LogP contribution in [-0.4, -0.2) is 15.2 Å². The van der Waals surface area contributed by atoms with Gasteiger partial charge in [0.2, 0.25) is 0 Å². The summed E-state index contributed by atoms with van der Waals surface area (Å²) in [6.45, 7) is 0. The minimum absolute atomic E-state index is 0.642. The van der Waals surface area contributed by atoms with Crippen LogP contribution in [0, 0.1) is 5.92 Å². The van der Waals surface area contributed by atoms with Gasteiger partial charge in [-0.1, -0.05) is 19.3 Å². The van der Waals surface area contributed by atoms with Crippen LogP contribution in [0.1, 0.15) is 62.5 Å². The highest BCUT2D eigenvalue weighted by Gasteiger charge is 2.24. The Kier molecular flexibility index (Phi) is 2.47. The normalized spacial score (nSPS) is 23.2. The quantitative estimate of drug-likeness (QED) is 0.824. The predicted molar refractivity (Wildman–Crippen MR) is 58.6 cm³/mol. The first kappa shape index (κ1) is 9.37. The molecule has 2 fully saturated rings. The fourth-order valence-corrected chi connectivity index (χ4v) is 2.54. The summed E-state index contributed by atoms with van der Waals surface area (Å²) in [5.41, 5.74) is 0. The summed E-state index contributed by atoms with van der Waals surface area (Å²) >= 11 is 0. The number of aromatic amines is 1. The zero-order valence-electron chi connectivity index (χ0n) is 9.21. The summed E-state index contributed by atoms with van der Waals surface area (Å²) < 4.78 is 0. The van der Waals surface area contributed by atoms with Crippen molar-refractivity contribution in [2.45, 2.75) is 57.3 Å². The van der Waals surface area contributed by atoms with Crippen molar-refractivity contribution in [2.75, 3.05) is 0 Å². The van der Waals surface area contributed by atoms with Gasteiger partial charge in [-0.05, 0) is 31.6 Å². The third kappa shape index (κ3) is 2.21. The Bertz CT molecular complexity index is 321. The molecule has 2 aliphatic carbocycles. The Morgan fingerprint density at radius 3 is 2.60 bits per heavy atom. The summed E-state index contributed by atoms with van der Waals surface area (Å²) in [5, 5.41) is 7.50. The maximum atomic E-state index is 4.65. The van der Waals surface area contributed by atoms with Gasteiger partial charge in [-0.2, -0.15) is 5.10 Å². The van der Waals surface area contributed by atoms with E-state index in [1.807, 2.05) is 0 Å². The molecule has 0 aromatic carbocycles. The van der Waals surface area contributed by atoms with Crippen molar-refractivity contribution < 1.29 is 0 Å². The van der Waals surface area contributed by atoms with Gasteiger partial charge in [0.25, 0.3) is 0 Å². The van der Waals surface area contributed by atoms with Crippen molar-refractivity contribution in [3.05, 3.63) is 11.6 Å². The van der Waals surface area contributed by atoms with Crippen LogP contribution in [0.2, 0.25) is 0 Å². The predicted octanol–water partition coefficient (Wildman–Crippen LogP) is 2.80. The van der Waals surface area contributed by atoms with E-state index < -0.39 is 0 Å². The molecule has 0 amide bonds. The number of hydrogen-bond acceptors (Lipinski definition) is 2. The molecule has 0 atom stereocenters. The Morgan fingerprint density at radius 2 is 1.87 bits per heavy atom. The molecular formula is C12H19N3. The lowest BCUT2D eigenvalue weighted by Gasteiger charge is -2.17. The second-order valence-corrected chi connectivity index (χ2v) is 5.12. The van der Waals surface area contributed by atoms with E-state index in [1.54, 1.807) is 0 Å². The molecule has 0 saturated heterocycles. The molecule has 2 aliphatic rings. The van der Waals surface area contributed by atoms with Crippen molar-refractivity contribution >= 4 is 0 Å². The van der Waals surface area contributed by atoms with Crippen molar-refractivity contribution in [3.63, 3.8) is 0 Å². The minimum Gasteiger partial charge on any atom is -0.263 e. The molecule has 1 aromatic rings. The minimum atomic E-state index is 0.642. The molecule has 0 spiro atoms. The fourth-order valence-electron chi connectivity index (χ4n) is 2.54. The number of nitrogens with one attached hydrogen (secondary N) is 1. The van der Waals surface area contributed by atoms with E-state index >= 15 is 0 Å². The lowest BCUT2D eigenvalue weighted by atomic mass is 9.89. The highest BCUT2D eigenvalue weighted by Crippen LogP contribution is 2.33. The van der Waals surface area contributed by atoms with Gasteiger partial charge in [-0.15, -0.1) is 0 Å². The van der Waals surface area contributed by atoms with E-state index in [0.29, 0.717) is 5.92 Å². The number of aromatic nitrogens is 3. The molecule has 2 saturated carbocycles. The smallest absolute Gasteiger partial charge is 0.153 e. The largest absolute Gasteiger partial charge is 0.263 e. The van der Waals surface area contributed by atoms with Gasteiger partial charge < -0.3 is 0 Å². The Labute approximate surface area is 90.7 Å². The van der Waals surface area contributed by atoms with Gasteiger partial charge in [0, 0.05) is 12.3 Å². The summed E-state index contributed by atoms with van der Waals surface area (Å²) in [4.78, 5) is 4.65. The molecule has 3 nitrogen and oxygen atoms in total. The third-order valence-electron chi connectivity index (χ3n) is 3.70. The second kappa shape index (κ2) is 3.95. The van der Waals surface area contributed by atoms with Crippen molar-refractivity contribution in [2.24, 2.45) is 5.92 Å². The van der Waals surface area contributed by atoms with Gasteiger partial charge in [0.05, 0.1) is 0 Å². The summed E-state index contributed by atoms with van der Waals surface area (Å²) in [7, 11) is 0. The van der Waals surface area contributed by atoms with Crippen molar-refractivity contribution in [3.8, 4) is 0 Å². The Morgan fingerprint density at radius 1 is 1.07 bits per heavy atom. The molecule has 0 aliphatic heterocycles. The SMILES string of the molecule is C1CCC(c2n[nH]c(CC3CC3)n2)CC1. The number of nitrogens with zero attached hydrogens (tertiary/aromatic N) is 2. The molecule has 0 bridgehead atoms. The maximum Gasteiger partial charge on any atom is 0.153 e. The van der Waals surface area contributed by atoms with E-state index in [1.165, 1.54) is 44.9 Å². The lowest BCUT2D eigenvalue weighted by molar-refractivity contribution is 0.429. The van der Waals surface area contributed by atoms with E-state index in [0.717, 1.165) is 24.0 Å². The topological polar surface area (TPSA) is 41.6 Å². The summed E-state index contributed by atoms with van der Waals surface area (Å²) in [6.07, 6.45) is 10.6. The summed E-state index contributed by atoms with van der Waals surface area (Å²) in [5.74, 6) is 3.75. The van der Waals surface area contributed by atoms with Gasteiger partial charge >= 0.3 is 0 Å². The molecule has 0 radical (unpaired) electrons. The molecule has 0 unspecified atom stereocenters. The van der Waals surface area contributed by atoms with Gasteiger partial charge in [0.1, 0.15) is 5.82 Å². The van der Waals surface area contributed by atoms with E-state index in [2.05, 4.69) is 15.2 Å². The number of H-pyrrole nitrogens is 1. The van der Waals surface area contributed by atoms with E-state index in [4.69, 9.17) is 0 Å². The first-order chi connectivity index (χ1) is 7.42. The fraction of sp³-hybridized carbons (Fsp3) is 0.833. The van der Waals surface area contributed by atoms with E-state index in [9.17, 15) is 0 Å². The van der Waals surface area contributed by atoms with Crippen LogP contribution in [0.5, 0.6) is 0 Å². The van der Waals surface area contributed by atoms with Crippen LogP contribution >= 0.6 is 0 Å². The van der Waals surface area contributed by atoms with Crippen LogP contribution in [-0.2, 0) is 6.42 Å². The van der Waals surface area contributed by atoms with Crippen LogP contribution in [0.25, 0.3) is 0 Å². The third-order valence-corrected chi connectivity index (χ3v) is 3.70. The lowest BCUT2D eigenvalue weighted by Crippen LogP contribution is -2.06. The standard InChI is InChI=1S/C12H19N3/c1-2-4-10(5-3-1)12-13-11(14-15-12)8-9-6-7-9/h9-10H,1-8H2,(H,13,14,15). The van der Waals surface area contributed by atoms with Gasteiger partial charge in [0.15, 0.2) is 5.82 Å². The van der Waals surface area contributed by atoms with Crippen molar-refractivity contribution in [1.29, 1.82) is 0 Å². The molecule has 1 heterocycles. The second-order valence-electron chi connectivity index (χ2n) is 5.12. The molecule has 82 valence electrons. The maximum absolute atomic E-state index is 4.65. The molecule has 1 N–H and O–H groups in total. The van der Waals surface area contributed by atoms with Crippen LogP contribution in [0.15, 0.2) is 0 Å². The van der Waals surface area contributed by atoms with Crippen LogP contribution in [0.3, 0.4) is 0 Å². The van der Waals surface area contributed by atoms with Gasteiger partial charge in [-0.25, -0.2) is 4.98 Å². The monoisotopic (exact) mass is 205 g/mol. The van der Waals surface area contributed by atoms with Crippen LogP contribution in [0.4, 0.5) is 0 Å². The number of hydrogen-bond donors (Lipinski definition) is 1. The zero-order valence-corrected chi connectivity index (χ0v) is 9.21. The molecule has 3 heteroatoms. The summed E-state index contributed by atoms with van der Waals surface area (Å²) in [6, 6.07) is 0.